The van der Waals surface area contributed by atoms with Gasteiger partial charge in [0.1, 0.15) is 0 Å². The van der Waals surface area contributed by atoms with E-state index in [0.29, 0.717) is 18.5 Å². The van der Waals surface area contributed by atoms with Crippen LogP contribution in [-0.2, 0) is 23.1 Å². The lowest BCUT2D eigenvalue weighted by molar-refractivity contribution is 0.281. The highest BCUT2D eigenvalue weighted by Gasteiger charge is 2.19. The molecule has 20 heavy (non-hydrogen) atoms. The standard InChI is InChI=1S/C14H23NO3S2/c1-4-13-6-5-12(9-16)7-14(13)20(17,18)15-8-11(2)10-19-3/h5-7,11,15-16H,4,8-10H2,1-3H3. The van der Waals surface area contributed by atoms with Gasteiger partial charge in [-0.1, -0.05) is 26.0 Å². The minimum Gasteiger partial charge on any atom is -0.392 e. The van der Waals surface area contributed by atoms with E-state index in [2.05, 4.69) is 4.72 Å². The number of rotatable bonds is 8. The molecule has 114 valence electrons. The Bertz CT molecular complexity index is 529. The Morgan fingerprint density at radius 2 is 2.10 bits per heavy atom. The van der Waals surface area contributed by atoms with Crippen molar-refractivity contribution in [2.24, 2.45) is 5.92 Å². The van der Waals surface area contributed by atoms with Crippen LogP contribution in [0.5, 0.6) is 0 Å². The van der Waals surface area contributed by atoms with Crippen LogP contribution in [0.1, 0.15) is 25.0 Å². The number of thioether (sulfide) groups is 1. The fourth-order valence-electron chi connectivity index (χ4n) is 1.91. The molecule has 0 saturated heterocycles. The zero-order valence-electron chi connectivity index (χ0n) is 12.2. The van der Waals surface area contributed by atoms with Crippen LogP contribution in [-0.4, -0.2) is 32.1 Å². The van der Waals surface area contributed by atoms with Gasteiger partial charge in [0.05, 0.1) is 11.5 Å². The molecule has 0 spiro atoms. The summed E-state index contributed by atoms with van der Waals surface area (Å²) in [6.07, 6.45) is 2.65. The fourth-order valence-corrected chi connectivity index (χ4v) is 4.12. The van der Waals surface area contributed by atoms with Gasteiger partial charge in [0.2, 0.25) is 10.0 Å². The summed E-state index contributed by atoms with van der Waals surface area (Å²) < 4.78 is 27.4. The van der Waals surface area contributed by atoms with Crippen molar-refractivity contribution in [2.75, 3.05) is 18.6 Å². The molecular formula is C14H23NO3S2. The van der Waals surface area contributed by atoms with Crippen LogP contribution in [0.4, 0.5) is 0 Å². The van der Waals surface area contributed by atoms with E-state index in [-0.39, 0.29) is 17.4 Å². The molecule has 0 radical (unpaired) electrons. The molecule has 1 rings (SSSR count). The van der Waals surface area contributed by atoms with Crippen LogP contribution >= 0.6 is 11.8 Å². The second-order valence-electron chi connectivity index (χ2n) is 4.87. The van der Waals surface area contributed by atoms with Gasteiger partial charge in [-0.2, -0.15) is 11.8 Å². The molecule has 0 aliphatic rings. The van der Waals surface area contributed by atoms with E-state index in [0.717, 1.165) is 11.3 Å². The maximum absolute atomic E-state index is 12.4. The first-order valence-electron chi connectivity index (χ1n) is 6.65. The molecule has 0 saturated carbocycles. The predicted octanol–water partition coefficient (Wildman–Crippen LogP) is 2.02. The molecule has 1 atom stereocenters. The van der Waals surface area contributed by atoms with Gasteiger partial charge in [-0.15, -0.1) is 0 Å². The highest BCUT2D eigenvalue weighted by atomic mass is 32.2. The monoisotopic (exact) mass is 317 g/mol. The Labute approximate surface area is 126 Å². The number of hydrogen-bond acceptors (Lipinski definition) is 4. The van der Waals surface area contributed by atoms with E-state index < -0.39 is 10.0 Å². The van der Waals surface area contributed by atoms with Crippen LogP contribution < -0.4 is 4.72 Å². The van der Waals surface area contributed by atoms with Crippen molar-refractivity contribution in [1.29, 1.82) is 0 Å². The van der Waals surface area contributed by atoms with Crippen molar-refractivity contribution in [3.05, 3.63) is 29.3 Å². The topological polar surface area (TPSA) is 66.4 Å². The van der Waals surface area contributed by atoms with Gasteiger partial charge in [0, 0.05) is 6.54 Å². The molecule has 0 aliphatic heterocycles. The molecule has 0 aliphatic carbocycles. The van der Waals surface area contributed by atoms with Crippen LogP contribution in [0, 0.1) is 5.92 Å². The van der Waals surface area contributed by atoms with Crippen molar-refractivity contribution in [2.45, 2.75) is 31.8 Å². The second kappa shape index (κ2) is 8.02. The second-order valence-corrected chi connectivity index (χ2v) is 7.51. The van der Waals surface area contributed by atoms with E-state index in [1.165, 1.54) is 0 Å². The summed E-state index contributed by atoms with van der Waals surface area (Å²) in [5.41, 5.74) is 1.38. The number of benzene rings is 1. The maximum Gasteiger partial charge on any atom is 0.240 e. The molecule has 0 heterocycles. The van der Waals surface area contributed by atoms with Gasteiger partial charge in [-0.25, -0.2) is 13.1 Å². The number of aliphatic hydroxyl groups is 1. The van der Waals surface area contributed by atoms with Crippen molar-refractivity contribution < 1.29 is 13.5 Å². The minimum absolute atomic E-state index is 0.157. The number of sulfonamides is 1. The Hall–Kier alpha value is -0.560. The molecule has 0 aromatic heterocycles. The fraction of sp³-hybridized carbons (Fsp3) is 0.571. The smallest absolute Gasteiger partial charge is 0.240 e. The number of aliphatic hydroxyl groups excluding tert-OH is 1. The third-order valence-corrected chi connectivity index (χ3v) is 5.47. The van der Waals surface area contributed by atoms with Crippen molar-refractivity contribution in [1.82, 2.24) is 4.72 Å². The Kier molecular flexibility index (Phi) is 7.02. The van der Waals surface area contributed by atoms with E-state index in [9.17, 15) is 8.42 Å². The van der Waals surface area contributed by atoms with Crippen molar-refractivity contribution in [3.63, 3.8) is 0 Å². The van der Waals surface area contributed by atoms with E-state index >= 15 is 0 Å². The first-order valence-corrected chi connectivity index (χ1v) is 9.53. The number of hydrogen-bond donors (Lipinski definition) is 2. The molecule has 2 N–H and O–H groups in total. The molecule has 0 bridgehead atoms. The molecule has 6 heteroatoms. The van der Waals surface area contributed by atoms with Gasteiger partial charge in [0.15, 0.2) is 0 Å². The summed E-state index contributed by atoms with van der Waals surface area (Å²) in [6, 6.07) is 5.08. The van der Waals surface area contributed by atoms with E-state index in [1.807, 2.05) is 20.1 Å². The van der Waals surface area contributed by atoms with E-state index in [4.69, 9.17) is 5.11 Å². The van der Waals surface area contributed by atoms with E-state index in [1.54, 1.807) is 30.0 Å². The average molecular weight is 317 g/mol. The van der Waals surface area contributed by atoms with Crippen molar-refractivity contribution >= 4 is 21.8 Å². The summed E-state index contributed by atoms with van der Waals surface area (Å²) in [5.74, 6) is 1.20. The Morgan fingerprint density at radius 3 is 2.65 bits per heavy atom. The Balaban J connectivity index is 2.96. The lowest BCUT2D eigenvalue weighted by Crippen LogP contribution is -2.30. The summed E-state index contributed by atoms with van der Waals surface area (Å²) in [4.78, 5) is 0.280. The SMILES string of the molecule is CCc1ccc(CO)cc1S(=O)(=O)NCC(C)CSC. The molecule has 4 nitrogen and oxygen atoms in total. The van der Waals surface area contributed by atoms with Gasteiger partial charge in [0.25, 0.3) is 0 Å². The third-order valence-electron chi connectivity index (χ3n) is 3.06. The lowest BCUT2D eigenvalue weighted by Gasteiger charge is -2.14. The molecule has 1 unspecified atom stereocenters. The highest BCUT2D eigenvalue weighted by molar-refractivity contribution is 7.98. The summed E-state index contributed by atoms with van der Waals surface area (Å²) in [5, 5.41) is 9.16. The Morgan fingerprint density at radius 1 is 1.40 bits per heavy atom. The first kappa shape index (κ1) is 17.5. The summed E-state index contributed by atoms with van der Waals surface area (Å²) in [7, 11) is -3.52. The first-order chi connectivity index (χ1) is 9.44. The quantitative estimate of drug-likeness (QED) is 0.770. The molecule has 1 aromatic carbocycles. The van der Waals surface area contributed by atoms with Crippen LogP contribution in [0.25, 0.3) is 0 Å². The predicted molar refractivity (Wildman–Crippen MR) is 84.5 cm³/mol. The zero-order valence-corrected chi connectivity index (χ0v) is 13.9. The van der Waals surface area contributed by atoms with Gasteiger partial charge >= 0.3 is 0 Å². The van der Waals surface area contributed by atoms with Crippen molar-refractivity contribution in [3.8, 4) is 0 Å². The third kappa shape index (κ3) is 4.77. The normalized spacial score (nSPS) is 13.4. The van der Waals surface area contributed by atoms with Gasteiger partial charge < -0.3 is 5.11 Å². The lowest BCUT2D eigenvalue weighted by atomic mass is 10.1. The van der Waals surface area contributed by atoms with Gasteiger partial charge in [-0.3, -0.25) is 0 Å². The van der Waals surface area contributed by atoms with Crippen LogP contribution in [0.15, 0.2) is 23.1 Å². The zero-order chi connectivity index (χ0) is 15.2. The summed E-state index contributed by atoms with van der Waals surface area (Å²) in [6.45, 7) is 4.21. The summed E-state index contributed by atoms with van der Waals surface area (Å²) >= 11 is 1.70. The molecule has 0 amide bonds. The number of nitrogens with one attached hydrogen (secondary N) is 1. The largest absolute Gasteiger partial charge is 0.392 e. The average Bonchev–Trinajstić information content (AvgIpc) is 2.45. The number of aryl methyl sites for hydroxylation is 1. The maximum atomic E-state index is 12.4. The molecule has 1 aromatic rings. The molecular weight excluding hydrogens is 294 g/mol. The molecule has 0 fully saturated rings. The highest BCUT2D eigenvalue weighted by Crippen LogP contribution is 2.19. The van der Waals surface area contributed by atoms with Crippen LogP contribution in [0.2, 0.25) is 0 Å². The van der Waals surface area contributed by atoms with Gasteiger partial charge in [-0.05, 0) is 41.5 Å². The minimum atomic E-state index is -3.52. The van der Waals surface area contributed by atoms with Crippen LogP contribution in [0.3, 0.4) is 0 Å².